The summed E-state index contributed by atoms with van der Waals surface area (Å²) >= 11 is 0. The van der Waals surface area contributed by atoms with Crippen molar-refractivity contribution in [2.45, 2.75) is 25.2 Å². The molecular formula is C20H24N2. The summed E-state index contributed by atoms with van der Waals surface area (Å²) in [6.07, 6.45) is 5.52. The summed E-state index contributed by atoms with van der Waals surface area (Å²) in [5, 5.41) is 0. The van der Waals surface area contributed by atoms with Crippen LogP contribution in [0, 0.1) is 0 Å². The van der Waals surface area contributed by atoms with Crippen molar-refractivity contribution in [3.8, 4) is 0 Å². The van der Waals surface area contributed by atoms with Crippen molar-refractivity contribution < 1.29 is 0 Å². The van der Waals surface area contributed by atoms with E-state index in [0.717, 1.165) is 12.2 Å². The minimum atomic E-state index is 0.340. The molecule has 0 saturated heterocycles. The Labute approximate surface area is 133 Å². The van der Waals surface area contributed by atoms with Gasteiger partial charge in [-0.1, -0.05) is 43.3 Å². The van der Waals surface area contributed by atoms with Gasteiger partial charge in [-0.3, -0.25) is 4.98 Å². The maximum absolute atomic E-state index is 4.55. The van der Waals surface area contributed by atoms with Crippen molar-refractivity contribution in [3.05, 3.63) is 71.6 Å². The topological polar surface area (TPSA) is 16.1 Å². The fraction of sp³-hybridized carbons (Fsp3) is 0.350. The third-order valence-corrected chi connectivity index (χ3v) is 4.54. The molecule has 0 aliphatic heterocycles. The van der Waals surface area contributed by atoms with Crippen LogP contribution in [0.25, 0.3) is 5.57 Å². The summed E-state index contributed by atoms with van der Waals surface area (Å²) in [5.41, 5.74) is 5.46. The molecule has 2 aromatic rings. The van der Waals surface area contributed by atoms with Gasteiger partial charge >= 0.3 is 0 Å². The lowest BCUT2D eigenvalue weighted by atomic mass is 9.92. The monoisotopic (exact) mass is 292 g/mol. The molecule has 0 fully saturated rings. The Balaban J connectivity index is 1.91. The third kappa shape index (κ3) is 2.97. The number of benzene rings is 1. The second-order valence-electron chi connectivity index (χ2n) is 6.38. The van der Waals surface area contributed by atoms with Gasteiger partial charge in [-0.25, -0.2) is 0 Å². The standard InChI is InChI=1S/C20H24N2/c1-15(20-10-6-7-12-21-20)19-14-16(11-13-22(2)3)17-8-4-5-9-18(17)19/h4-10,12,14-16H,11,13H2,1-3H3. The van der Waals surface area contributed by atoms with Gasteiger partial charge in [0.2, 0.25) is 0 Å². The molecular weight excluding hydrogens is 268 g/mol. The second kappa shape index (κ2) is 6.45. The number of aromatic nitrogens is 1. The summed E-state index contributed by atoms with van der Waals surface area (Å²) < 4.78 is 0. The van der Waals surface area contributed by atoms with E-state index in [1.54, 1.807) is 0 Å². The summed E-state index contributed by atoms with van der Waals surface area (Å²) in [6.45, 7) is 3.38. The summed E-state index contributed by atoms with van der Waals surface area (Å²) in [6, 6.07) is 15.0. The molecule has 2 unspecified atom stereocenters. The zero-order valence-corrected chi connectivity index (χ0v) is 13.7. The van der Waals surface area contributed by atoms with Crippen molar-refractivity contribution in [2.24, 2.45) is 0 Å². The van der Waals surface area contributed by atoms with Crippen molar-refractivity contribution in [2.75, 3.05) is 20.6 Å². The molecule has 114 valence electrons. The number of hydrogen-bond acceptors (Lipinski definition) is 2. The molecule has 2 nitrogen and oxygen atoms in total. The highest BCUT2D eigenvalue weighted by Gasteiger charge is 2.26. The van der Waals surface area contributed by atoms with Crippen LogP contribution in [-0.2, 0) is 0 Å². The van der Waals surface area contributed by atoms with E-state index in [4.69, 9.17) is 0 Å². The first-order valence-electron chi connectivity index (χ1n) is 8.03. The first-order valence-corrected chi connectivity index (χ1v) is 8.03. The Hall–Kier alpha value is -1.93. The van der Waals surface area contributed by atoms with Gasteiger partial charge in [0, 0.05) is 23.7 Å². The number of nitrogens with zero attached hydrogens (tertiary/aromatic N) is 2. The van der Waals surface area contributed by atoms with Crippen LogP contribution in [-0.4, -0.2) is 30.5 Å². The molecule has 0 saturated carbocycles. The van der Waals surface area contributed by atoms with E-state index < -0.39 is 0 Å². The van der Waals surface area contributed by atoms with Crippen molar-refractivity contribution in [1.29, 1.82) is 0 Å². The number of pyridine rings is 1. The Morgan fingerprint density at radius 3 is 2.59 bits per heavy atom. The largest absolute Gasteiger partial charge is 0.309 e. The predicted octanol–water partition coefficient (Wildman–Crippen LogP) is 4.32. The molecule has 1 aliphatic carbocycles. The van der Waals surface area contributed by atoms with Gasteiger partial charge in [0.05, 0.1) is 0 Å². The van der Waals surface area contributed by atoms with E-state index in [-0.39, 0.29) is 0 Å². The first kappa shape index (κ1) is 15.0. The highest BCUT2D eigenvalue weighted by atomic mass is 15.0. The molecule has 0 bridgehead atoms. The zero-order chi connectivity index (χ0) is 15.5. The maximum atomic E-state index is 4.55. The van der Waals surface area contributed by atoms with Crippen molar-refractivity contribution in [1.82, 2.24) is 9.88 Å². The molecule has 1 heterocycles. The molecule has 0 N–H and O–H groups in total. The van der Waals surface area contributed by atoms with E-state index >= 15 is 0 Å². The average molecular weight is 292 g/mol. The van der Waals surface area contributed by atoms with Crippen LogP contribution in [0.3, 0.4) is 0 Å². The third-order valence-electron chi connectivity index (χ3n) is 4.54. The minimum Gasteiger partial charge on any atom is -0.309 e. The van der Waals surface area contributed by atoms with Crippen LogP contribution >= 0.6 is 0 Å². The lowest BCUT2D eigenvalue weighted by Crippen LogP contribution is -2.14. The Bertz CT molecular complexity index is 658. The fourth-order valence-corrected chi connectivity index (χ4v) is 3.28. The van der Waals surface area contributed by atoms with Crippen LogP contribution in [0.2, 0.25) is 0 Å². The van der Waals surface area contributed by atoms with Gasteiger partial charge in [-0.15, -0.1) is 0 Å². The van der Waals surface area contributed by atoms with Crippen LogP contribution in [0.4, 0.5) is 0 Å². The molecule has 1 aromatic carbocycles. The Morgan fingerprint density at radius 1 is 1.09 bits per heavy atom. The number of rotatable bonds is 5. The Morgan fingerprint density at radius 2 is 1.86 bits per heavy atom. The highest BCUT2D eigenvalue weighted by Crippen LogP contribution is 2.43. The van der Waals surface area contributed by atoms with Crippen LogP contribution in [0.1, 0.15) is 42.0 Å². The fourth-order valence-electron chi connectivity index (χ4n) is 3.28. The van der Waals surface area contributed by atoms with E-state index in [1.807, 2.05) is 12.3 Å². The lowest BCUT2D eigenvalue weighted by Gasteiger charge is -2.14. The molecule has 22 heavy (non-hydrogen) atoms. The first-order chi connectivity index (χ1) is 10.7. The van der Waals surface area contributed by atoms with Gasteiger partial charge in [0.15, 0.2) is 0 Å². The molecule has 0 amide bonds. The van der Waals surface area contributed by atoms with Crippen molar-refractivity contribution >= 4 is 5.57 Å². The van der Waals surface area contributed by atoms with Gasteiger partial charge in [0.25, 0.3) is 0 Å². The normalized spacial score (nSPS) is 18.2. The lowest BCUT2D eigenvalue weighted by molar-refractivity contribution is 0.393. The predicted molar refractivity (Wildman–Crippen MR) is 93.0 cm³/mol. The SMILES string of the molecule is CC(C1=CC(CCN(C)C)c2ccccc21)c1ccccn1. The molecule has 2 atom stereocenters. The number of hydrogen-bond donors (Lipinski definition) is 0. The van der Waals surface area contributed by atoms with Crippen LogP contribution in [0.15, 0.2) is 54.7 Å². The molecule has 1 aliphatic rings. The highest BCUT2D eigenvalue weighted by molar-refractivity contribution is 5.78. The maximum Gasteiger partial charge on any atom is 0.0475 e. The second-order valence-corrected chi connectivity index (χ2v) is 6.38. The summed E-state index contributed by atoms with van der Waals surface area (Å²) in [4.78, 5) is 6.81. The van der Waals surface area contributed by atoms with Crippen molar-refractivity contribution in [3.63, 3.8) is 0 Å². The average Bonchev–Trinajstić information content (AvgIpc) is 2.92. The zero-order valence-electron chi connectivity index (χ0n) is 13.7. The van der Waals surface area contributed by atoms with Gasteiger partial charge in [-0.2, -0.15) is 0 Å². The van der Waals surface area contributed by atoms with Crippen LogP contribution in [0.5, 0.6) is 0 Å². The quantitative estimate of drug-likeness (QED) is 0.816. The van der Waals surface area contributed by atoms with E-state index in [9.17, 15) is 0 Å². The molecule has 2 heteroatoms. The van der Waals surface area contributed by atoms with Gasteiger partial charge < -0.3 is 4.90 Å². The smallest absolute Gasteiger partial charge is 0.0475 e. The summed E-state index contributed by atoms with van der Waals surface area (Å²) in [5.74, 6) is 0.867. The summed E-state index contributed by atoms with van der Waals surface area (Å²) in [7, 11) is 4.28. The van der Waals surface area contributed by atoms with Gasteiger partial charge in [0.1, 0.15) is 0 Å². The minimum absolute atomic E-state index is 0.340. The molecule has 1 aromatic heterocycles. The van der Waals surface area contributed by atoms with E-state index in [1.165, 1.54) is 23.1 Å². The molecule has 0 spiro atoms. The van der Waals surface area contributed by atoms with Crippen LogP contribution < -0.4 is 0 Å². The molecule has 3 rings (SSSR count). The van der Waals surface area contributed by atoms with E-state index in [2.05, 4.69) is 73.4 Å². The number of allylic oxidation sites excluding steroid dienone is 2. The van der Waals surface area contributed by atoms with E-state index in [0.29, 0.717) is 11.8 Å². The van der Waals surface area contributed by atoms with Gasteiger partial charge in [-0.05, 0) is 55.9 Å². The number of fused-ring (bicyclic) bond motifs is 1. The molecule has 0 radical (unpaired) electrons. The Kier molecular flexibility index (Phi) is 4.39.